The summed E-state index contributed by atoms with van der Waals surface area (Å²) < 4.78 is 0. The number of unbranched alkanes of at least 4 members (excludes halogenated alkanes) is 3. The second-order valence-electron chi connectivity index (χ2n) is 3.44. The summed E-state index contributed by atoms with van der Waals surface area (Å²) in [5, 5.41) is 9.53. The molecular formula is C12H22O. The highest BCUT2D eigenvalue weighted by atomic mass is 16.3. The molecule has 0 aliphatic heterocycles. The van der Waals surface area contributed by atoms with E-state index >= 15 is 0 Å². The van der Waals surface area contributed by atoms with Crippen LogP contribution in [0.15, 0.2) is 17.9 Å². The number of rotatable bonds is 7. The van der Waals surface area contributed by atoms with Crippen molar-refractivity contribution in [1.29, 1.82) is 0 Å². The number of hydrogen-bond donors (Lipinski definition) is 1. The summed E-state index contributed by atoms with van der Waals surface area (Å²) in [5.74, 6) is 0. The highest BCUT2D eigenvalue weighted by molar-refractivity contribution is 5.04. The zero-order valence-corrected chi connectivity index (χ0v) is 8.97. The lowest BCUT2D eigenvalue weighted by atomic mass is 10.0. The van der Waals surface area contributed by atoms with E-state index in [1.807, 2.05) is 6.92 Å². The summed E-state index contributed by atoms with van der Waals surface area (Å²) in [5.41, 5.74) is 3.83. The predicted octanol–water partition coefficient (Wildman–Crippen LogP) is 3.44. The number of aliphatic hydroxyl groups is 1. The van der Waals surface area contributed by atoms with Gasteiger partial charge in [-0.25, -0.2) is 0 Å². The van der Waals surface area contributed by atoms with Crippen molar-refractivity contribution in [2.45, 2.75) is 58.5 Å². The molecule has 0 aromatic carbocycles. The van der Waals surface area contributed by atoms with Gasteiger partial charge in [0, 0.05) is 0 Å². The van der Waals surface area contributed by atoms with E-state index in [9.17, 15) is 5.11 Å². The first-order chi connectivity index (χ1) is 6.26. The van der Waals surface area contributed by atoms with Crippen LogP contribution in [0.4, 0.5) is 0 Å². The van der Waals surface area contributed by atoms with Crippen molar-refractivity contribution in [3.05, 3.63) is 17.9 Å². The zero-order valence-electron chi connectivity index (χ0n) is 8.97. The fraction of sp³-hybridized carbons (Fsp3) is 0.750. The molecule has 13 heavy (non-hydrogen) atoms. The minimum Gasteiger partial charge on any atom is -0.388 e. The van der Waals surface area contributed by atoms with Crippen molar-refractivity contribution >= 4 is 0 Å². The molecule has 0 amide bonds. The van der Waals surface area contributed by atoms with Gasteiger partial charge < -0.3 is 5.11 Å². The fourth-order valence-electron chi connectivity index (χ4n) is 1.36. The summed E-state index contributed by atoms with van der Waals surface area (Å²) in [6, 6.07) is 0. The minimum absolute atomic E-state index is 0.320. The molecule has 1 unspecified atom stereocenters. The Kier molecular flexibility index (Phi) is 7.77. The third-order valence-electron chi connectivity index (χ3n) is 2.32. The summed E-state index contributed by atoms with van der Waals surface area (Å²) in [6.07, 6.45) is 6.35. The highest BCUT2D eigenvalue weighted by Crippen LogP contribution is 2.14. The molecule has 0 bridgehead atoms. The Morgan fingerprint density at radius 1 is 1.31 bits per heavy atom. The molecule has 0 fully saturated rings. The van der Waals surface area contributed by atoms with E-state index in [2.05, 4.69) is 19.2 Å². The molecule has 0 radical (unpaired) electrons. The fourth-order valence-corrected chi connectivity index (χ4v) is 1.36. The molecule has 0 spiro atoms. The van der Waals surface area contributed by atoms with Gasteiger partial charge in [-0.05, 0) is 24.8 Å². The van der Waals surface area contributed by atoms with Crippen LogP contribution < -0.4 is 0 Å². The van der Waals surface area contributed by atoms with Crippen molar-refractivity contribution in [1.82, 2.24) is 0 Å². The van der Waals surface area contributed by atoms with E-state index in [1.165, 1.54) is 19.3 Å². The standard InChI is InChI=1S/C12H22O/c1-4-7-8-9-10-11(5-2)12(13)6-3/h12-13H,2,4,6-10H2,1,3H3. The quantitative estimate of drug-likeness (QED) is 0.472. The Labute approximate surface area is 82.2 Å². The Bertz CT molecular complexity index is 166. The van der Waals surface area contributed by atoms with Crippen LogP contribution in [0.2, 0.25) is 0 Å². The van der Waals surface area contributed by atoms with E-state index in [1.54, 1.807) is 0 Å². The van der Waals surface area contributed by atoms with Gasteiger partial charge in [-0.3, -0.25) is 0 Å². The first kappa shape index (κ1) is 12.5. The second-order valence-corrected chi connectivity index (χ2v) is 3.44. The van der Waals surface area contributed by atoms with E-state index in [4.69, 9.17) is 0 Å². The second kappa shape index (κ2) is 8.10. The van der Waals surface area contributed by atoms with Gasteiger partial charge in [-0.1, -0.05) is 39.7 Å². The largest absolute Gasteiger partial charge is 0.388 e. The Balaban J connectivity index is 3.68. The van der Waals surface area contributed by atoms with Crippen LogP contribution in [-0.4, -0.2) is 11.2 Å². The molecule has 0 aliphatic rings. The van der Waals surface area contributed by atoms with Crippen molar-refractivity contribution in [2.24, 2.45) is 0 Å². The summed E-state index contributed by atoms with van der Waals surface area (Å²) >= 11 is 0. The molecule has 0 aromatic heterocycles. The van der Waals surface area contributed by atoms with Gasteiger partial charge in [0.05, 0.1) is 6.10 Å². The maximum Gasteiger partial charge on any atom is 0.0820 e. The van der Waals surface area contributed by atoms with Crippen LogP contribution >= 0.6 is 0 Å². The lowest BCUT2D eigenvalue weighted by molar-refractivity contribution is 0.202. The van der Waals surface area contributed by atoms with Crippen LogP contribution in [-0.2, 0) is 0 Å². The lowest BCUT2D eigenvalue weighted by Crippen LogP contribution is -2.07. The van der Waals surface area contributed by atoms with Gasteiger partial charge >= 0.3 is 0 Å². The Morgan fingerprint density at radius 2 is 2.00 bits per heavy atom. The lowest BCUT2D eigenvalue weighted by Gasteiger charge is -2.10. The van der Waals surface area contributed by atoms with E-state index in [0.29, 0.717) is 0 Å². The zero-order chi connectivity index (χ0) is 10.1. The third kappa shape index (κ3) is 5.68. The molecule has 0 aliphatic carbocycles. The average Bonchev–Trinajstić information content (AvgIpc) is 2.17. The van der Waals surface area contributed by atoms with Crippen LogP contribution in [0.3, 0.4) is 0 Å². The van der Waals surface area contributed by atoms with Crippen molar-refractivity contribution < 1.29 is 5.11 Å². The first-order valence-corrected chi connectivity index (χ1v) is 5.33. The van der Waals surface area contributed by atoms with E-state index in [-0.39, 0.29) is 6.10 Å². The van der Waals surface area contributed by atoms with Crippen LogP contribution in [0, 0.1) is 0 Å². The Hall–Kier alpha value is -0.520. The van der Waals surface area contributed by atoms with Crippen LogP contribution in [0.1, 0.15) is 52.4 Å². The molecule has 0 aromatic rings. The smallest absolute Gasteiger partial charge is 0.0820 e. The number of hydrogen-bond acceptors (Lipinski definition) is 1. The molecule has 0 saturated heterocycles. The summed E-state index contributed by atoms with van der Waals surface area (Å²) in [6.45, 7) is 7.79. The third-order valence-corrected chi connectivity index (χ3v) is 2.32. The monoisotopic (exact) mass is 182 g/mol. The van der Waals surface area contributed by atoms with E-state index in [0.717, 1.165) is 24.8 Å². The minimum atomic E-state index is -0.320. The highest BCUT2D eigenvalue weighted by Gasteiger charge is 2.06. The molecule has 0 rings (SSSR count). The van der Waals surface area contributed by atoms with Gasteiger partial charge in [0.2, 0.25) is 0 Å². The molecular weight excluding hydrogens is 160 g/mol. The average molecular weight is 182 g/mol. The molecule has 1 atom stereocenters. The normalized spacial score (nSPS) is 12.2. The maximum absolute atomic E-state index is 9.53. The van der Waals surface area contributed by atoms with Gasteiger partial charge in [0.15, 0.2) is 0 Å². The van der Waals surface area contributed by atoms with E-state index < -0.39 is 0 Å². The van der Waals surface area contributed by atoms with Crippen molar-refractivity contribution in [3.8, 4) is 0 Å². The first-order valence-electron chi connectivity index (χ1n) is 5.33. The van der Waals surface area contributed by atoms with Gasteiger partial charge in [0.1, 0.15) is 0 Å². The molecule has 0 saturated carbocycles. The SMILES string of the molecule is C=C=C(CCCCCC)C(O)CC. The van der Waals surface area contributed by atoms with Gasteiger partial charge in [-0.15, -0.1) is 5.73 Å². The maximum atomic E-state index is 9.53. The summed E-state index contributed by atoms with van der Waals surface area (Å²) in [7, 11) is 0. The molecule has 1 heteroatoms. The van der Waals surface area contributed by atoms with Crippen molar-refractivity contribution in [3.63, 3.8) is 0 Å². The molecule has 1 N–H and O–H groups in total. The predicted molar refractivity (Wildman–Crippen MR) is 57.7 cm³/mol. The molecule has 0 heterocycles. The number of aliphatic hydroxyl groups excluding tert-OH is 1. The summed E-state index contributed by atoms with van der Waals surface area (Å²) in [4.78, 5) is 0. The topological polar surface area (TPSA) is 20.2 Å². The Morgan fingerprint density at radius 3 is 2.46 bits per heavy atom. The van der Waals surface area contributed by atoms with Gasteiger partial charge in [-0.2, -0.15) is 0 Å². The van der Waals surface area contributed by atoms with Gasteiger partial charge in [0.25, 0.3) is 0 Å². The molecule has 1 nitrogen and oxygen atoms in total. The van der Waals surface area contributed by atoms with Crippen LogP contribution in [0.5, 0.6) is 0 Å². The molecule has 76 valence electrons. The van der Waals surface area contributed by atoms with Crippen molar-refractivity contribution in [2.75, 3.05) is 0 Å². The van der Waals surface area contributed by atoms with Crippen LogP contribution in [0.25, 0.3) is 0 Å².